The van der Waals surface area contributed by atoms with Crippen molar-refractivity contribution in [2.24, 2.45) is 0 Å². The highest BCUT2D eigenvalue weighted by Gasteiger charge is 2.40. The molecule has 0 saturated heterocycles. The van der Waals surface area contributed by atoms with Gasteiger partial charge in [0.2, 0.25) is 5.91 Å². The third kappa shape index (κ3) is 2.89. The predicted molar refractivity (Wildman–Crippen MR) is 74.3 cm³/mol. The first kappa shape index (κ1) is 13.9. The van der Waals surface area contributed by atoms with E-state index in [0.717, 1.165) is 24.9 Å². The van der Waals surface area contributed by atoms with Gasteiger partial charge in [0.15, 0.2) is 0 Å². The maximum absolute atomic E-state index is 12.4. The van der Waals surface area contributed by atoms with Gasteiger partial charge in [0.05, 0.1) is 12.0 Å². The summed E-state index contributed by atoms with van der Waals surface area (Å²) in [4.78, 5) is 14.1. The number of ether oxygens (including phenoxy) is 1. The van der Waals surface area contributed by atoms with E-state index in [1.807, 2.05) is 13.0 Å². The maximum atomic E-state index is 12.4. The second kappa shape index (κ2) is 5.61. The minimum absolute atomic E-state index is 0.0506. The summed E-state index contributed by atoms with van der Waals surface area (Å²) in [6.45, 7) is 2.52. The Morgan fingerprint density at radius 1 is 1.47 bits per heavy atom. The number of hydrogen-bond donors (Lipinski definition) is 1. The molecule has 0 aromatic heterocycles. The van der Waals surface area contributed by atoms with Crippen LogP contribution in [0.1, 0.15) is 32.6 Å². The molecule has 1 saturated carbocycles. The third-order valence-corrected chi connectivity index (χ3v) is 3.93. The van der Waals surface area contributed by atoms with Crippen LogP contribution in [0, 0.1) is 0 Å². The molecule has 104 valence electrons. The molecule has 2 rings (SSSR count). The van der Waals surface area contributed by atoms with Crippen LogP contribution < -0.4 is 4.90 Å². The van der Waals surface area contributed by atoms with E-state index in [2.05, 4.69) is 0 Å². The summed E-state index contributed by atoms with van der Waals surface area (Å²) in [6, 6.07) is 6.80. The minimum atomic E-state index is -0.263. The van der Waals surface area contributed by atoms with Crippen molar-refractivity contribution in [2.45, 2.75) is 38.2 Å². The number of amides is 1. The van der Waals surface area contributed by atoms with Gasteiger partial charge < -0.3 is 14.7 Å². The summed E-state index contributed by atoms with van der Waals surface area (Å²) in [7, 11) is 1.68. The molecule has 1 fully saturated rings. The van der Waals surface area contributed by atoms with Gasteiger partial charge in [0.1, 0.15) is 5.75 Å². The van der Waals surface area contributed by atoms with Crippen molar-refractivity contribution in [3.8, 4) is 5.75 Å². The third-order valence-electron chi connectivity index (χ3n) is 3.93. The molecule has 1 N–H and O–H groups in total. The van der Waals surface area contributed by atoms with Gasteiger partial charge in [-0.1, -0.05) is 6.07 Å². The quantitative estimate of drug-likeness (QED) is 0.888. The highest BCUT2D eigenvalue weighted by Crippen LogP contribution is 2.38. The van der Waals surface area contributed by atoms with Crippen molar-refractivity contribution >= 4 is 11.6 Å². The molecular weight excluding hydrogens is 242 g/mol. The molecule has 0 radical (unpaired) electrons. The van der Waals surface area contributed by atoms with Crippen molar-refractivity contribution in [2.75, 3.05) is 18.6 Å². The highest BCUT2D eigenvalue weighted by molar-refractivity contribution is 5.94. The second-order valence-electron chi connectivity index (χ2n) is 5.08. The Morgan fingerprint density at radius 2 is 2.21 bits per heavy atom. The Bertz CT molecular complexity index is 449. The smallest absolute Gasteiger partial charge is 0.229 e. The number of methoxy groups -OCH3 is 1. The summed E-state index contributed by atoms with van der Waals surface area (Å²) in [6.07, 6.45) is 3.44. The van der Waals surface area contributed by atoms with Crippen LogP contribution in [-0.2, 0) is 9.53 Å². The van der Waals surface area contributed by atoms with Gasteiger partial charge in [0.25, 0.3) is 0 Å². The molecule has 0 aliphatic heterocycles. The predicted octanol–water partition coefficient (Wildman–Crippen LogP) is 2.70. The normalized spacial score (nSPS) is 16.7. The van der Waals surface area contributed by atoms with E-state index < -0.39 is 0 Å². The fourth-order valence-corrected chi connectivity index (χ4v) is 2.56. The van der Waals surface area contributed by atoms with Gasteiger partial charge >= 0.3 is 0 Å². The zero-order valence-electron chi connectivity index (χ0n) is 11.6. The summed E-state index contributed by atoms with van der Waals surface area (Å²) in [5.74, 6) is 0.225. The summed E-state index contributed by atoms with van der Waals surface area (Å²) in [5, 5.41) is 9.51. The van der Waals surface area contributed by atoms with Gasteiger partial charge in [0, 0.05) is 25.4 Å². The van der Waals surface area contributed by atoms with Crippen LogP contribution in [0.25, 0.3) is 0 Å². The van der Waals surface area contributed by atoms with Gasteiger partial charge in [-0.3, -0.25) is 4.79 Å². The first-order chi connectivity index (χ1) is 9.10. The zero-order valence-corrected chi connectivity index (χ0v) is 11.6. The Balaban J connectivity index is 2.11. The molecule has 0 unspecified atom stereocenters. The number of hydrogen-bond acceptors (Lipinski definition) is 3. The van der Waals surface area contributed by atoms with Gasteiger partial charge in [-0.05, 0) is 38.3 Å². The molecule has 1 amide bonds. The first-order valence-electron chi connectivity index (χ1n) is 6.75. The largest absolute Gasteiger partial charge is 0.508 e. The standard InChI is InChI=1S/C15H21NO3/c1-3-16(12-6-4-7-13(17)10-12)14(18)11-15(19-2)8-5-9-15/h4,6-7,10,17H,3,5,8-9,11H2,1-2H3. The van der Waals surface area contributed by atoms with Crippen molar-refractivity contribution < 1.29 is 14.6 Å². The molecule has 0 heterocycles. The van der Waals surface area contributed by atoms with E-state index in [1.165, 1.54) is 0 Å². The number of phenols is 1. The minimum Gasteiger partial charge on any atom is -0.508 e. The molecule has 19 heavy (non-hydrogen) atoms. The number of carbonyl (C=O) groups is 1. The number of rotatable bonds is 5. The number of carbonyl (C=O) groups excluding carboxylic acids is 1. The van der Waals surface area contributed by atoms with E-state index in [0.29, 0.717) is 13.0 Å². The van der Waals surface area contributed by atoms with Gasteiger partial charge in [-0.15, -0.1) is 0 Å². The maximum Gasteiger partial charge on any atom is 0.229 e. The van der Waals surface area contributed by atoms with Crippen molar-refractivity contribution in [3.63, 3.8) is 0 Å². The Kier molecular flexibility index (Phi) is 4.10. The molecule has 1 aromatic rings. The number of benzene rings is 1. The summed E-state index contributed by atoms with van der Waals surface area (Å²) < 4.78 is 5.50. The Labute approximate surface area is 114 Å². The lowest BCUT2D eigenvalue weighted by molar-refractivity contribution is -0.131. The average molecular weight is 263 g/mol. The van der Waals surface area contributed by atoms with E-state index in [1.54, 1.807) is 30.2 Å². The summed E-state index contributed by atoms with van der Waals surface area (Å²) >= 11 is 0. The first-order valence-corrected chi connectivity index (χ1v) is 6.75. The lowest BCUT2D eigenvalue weighted by Gasteiger charge is -2.41. The topological polar surface area (TPSA) is 49.8 Å². The van der Waals surface area contributed by atoms with Crippen LogP contribution in [0.5, 0.6) is 5.75 Å². The lowest BCUT2D eigenvalue weighted by atomic mass is 9.77. The SMILES string of the molecule is CCN(C(=O)CC1(OC)CCC1)c1cccc(O)c1. The van der Waals surface area contributed by atoms with Crippen LogP contribution in [-0.4, -0.2) is 30.3 Å². The average Bonchev–Trinajstić information content (AvgIpc) is 2.35. The van der Waals surface area contributed by atoms with Crippen molar-refractivity contribution in [1.29, 1.82) is 0 Å². The molecule has 0 spiro atoms. The molecule has 4 heteroatoms. The molecular formula is C15H21NO3. The molecule has 1 aliphatic rings. The van der Waals surface area contributed by atoms with E-state index in [-0.39, 0.29) is 17.3 Å². The van der Waals surface area contributed by atoms with Crippen LogP contribution in [0.4, 0.5) is 5.69 Å². The van der Waals surface area contributed by atoms with E-state index >= 15 is 0 Å². The van der Waals surface area contributed by atoms with Crippen LogP contribution >= 0.6 is 0 Å². The molecule has 1 aliphatic carbocycles. The number of anilines is 1. The van der Waals surface area contributed by atoms with E-state index in [9.17, 15) is 9.90 Å². The molecule has 1 aromatic carbocycles. The molecule has 0 bridgehead atoms. The Morgan fingerprint density at radius 3 is 2.68 bits per heavy atom. The van der Waals surface area contributed by atoms with Gasteiger partial charge in [-0.25, -0.2) is 0 Å². The second-order valence-corrected chi connectivity index (χ2v) is 5.08. The number of phenolic OH excluding ortho intramolecular Hbond substituents is 1. The number of aromatic hydroxyl groups is 1. The fraction of sp³-hybridized carbons (Fsp3) is 0.533. The summed E-state index contributed by atoms with van der Waals surface area (Å²) in [5.41, 5.74) is 0.472. The number of nitrogens with zero attached hydrogens (tertiary/aromatic N) is 1. The monoisotopic (exact) mass is 263 g/mol. The lowest BCUT2D eigenvalue weighted by Crippen LogP contribution is -2.45. The van der Waals surface area contributed by atoms with Crippen LogP contribution in [0.15, 0.2) is 24.3 Å². The fourth-order valence-electron chi connectivity index (χ4n) is 2.56. The Hall–Kier alpha value is -1.55. The van der Waals surface area contributed by atoms with E-state index in [4.69, 9.17) is 4.74 Å². The van der Waals surface area contributed by atoms with Crippen molar-refractivity contribution in [1.82, 2.24) is 0 Å². The van der Waals surface area contributed by atoms with Crippen molar-refractivity contribution in [3.05, 3.63) is 24.3 Å². The zero-order chi connectivity index (χ0) is 13.9. The highest BCUT2D eigenvalue weighted by atomic mass is 16.5. The van der Waals surface area contributed by atoms with Crippen LogP contribution in [0.2, 0.25) is 0 Å². The van der Waals surface area contributed by atoms with Crippen LogP contribution in [0.3, 0.4) is 0 Å². The molecule has 4 nitrogen and oxygen atoms in total. The van der Waals surface area contributed by atoms with Gasteiger partial charge in [-0.2, -0.15) is 0 Å². The molecule has 0 atom stereocenters.